The fourth-order valence-electron chi connectivity index (χ4n) is 7.16. The third-order valence-electron chi connectivity index (χ3n) is 9.39. The van der Waals surface area contributed by atoms with Crippen molar-refractivity contribution in [2.75, 3.05) is 13.2 Å². The summed E-state index contributed by atoms with van der Waals surface area (Å²) in [6, 6.07) is 2.70. The largest absolute Gasteiger partial charge is 0.348 e. The molecule has 190 valence electrons. The topological polar surface area (TPSA) is 42.2 Å². The van der Waals surface area contributed by atoms with Gasteiger partial charge in [-0.1, -0.05) is 71.6 Å². The minimum Gasteiger partial charge on any atom is -0.348 e. The van der Waals surface area contributed by atoms with Gasteiger partial charge in [-0.15, -0.1) is 0 Å². The predicted molar refractivity (Wildman–Crippen MR) is 137 cm³/mol. The molecule has 3 aliphatic rings. The van der Waals surface area contributed by atoms with Gasteiger partial charge in [-0.2, -0.15) is 5.26 Å². The lowest BCUT2D eigenvalue weighted by Crippen LogP contribution is -2.32. The minimum absolute atomic E-state index is 0.181. The lowest BCUT2D eigenvalue weighted by molar-refractivity contribution is -0.170. The summed E-state index contributed by atoms with van der Waals surface area (Å²) in [5.41, 5.74) is 0. The normalized spacial score (nSPS) is 30.7. The highest BCUT2D eigenvalue weighted by atomic mass is 16.7. The Morgan fingerprint density at radius 2 is 1.36 bits per heavy atom. The van der Waals surface area contributed by atoms with Crippen LogP contribution in [-0.2, 0) is 9.47 Å². The Labute approximate surface area is 205 Å². The molecule has 0 amide bonds. The lowest BCUT2D eigenvalue weighted by atomic mass is 9.66. The van der Waals surface area contributed by atoms with Crippen LogP contribution in [-0.4, -0.2) is 19.0 Å². The zero-order chi connectivity index (χ0) is 23.4. The number of hydrogen-bond acceptors (Lipinski definition) is 3. The fraction of sp³-hybridized carbons (Fsp3) is 0.967. The molecule has 2 aliphatic carbocycles. The Balaban J connectivity index is 1.38. The van der Waals surface area contributed by atoms with Crippen LogP contribution < -0.4 is 0 Å². The van der Waals surface area contributed by atoms with Crippen LogP contribution in [0.25, 0.3) is 0 Å². The van der Waals surface area contributed by atoms with E-state index in [9.17, 15) is 5.26 Å². The van der Waals surface area contributed by atoms with E-state index in [4.69, 9.17) is 9.47 Å². The quantitative estimate of drug-likeness (QED) is 0.244. The summed E-state index contributed by atoms with van der Waals surface area (Å²) in [5.74, 6) is 3.30. The number of rotatable bonds is 14. The van der Waals surface area contributed by atoms with E-state index in [-0.39, 0.29) is 5.92 Å². The maximum absolute atomic E-state index is 9.98. The lowest BCUT2D eigenvalue weighted by Gasteiger charge is -2.39. The average Bonchev–Trinajstić information content (AvgIpc) is 3.32. The van der Waals surface area contributed by atoms with E-state index < -0.39 is 5.79 Å². The molecule has 3 fully saturated rings. The second-order valence-corrected chi connectivity index (χ2v) is 11.6. The molecule has 0 bridgehead atoms. The third-order valence-corrected chi connectivity index (χ3v) is 9.39. The Kier molecular flexibility index (Phi) is 12.1. The second-order valence-electron chi connectivity index (χ2n) is 11.6. The molecule has 3 rings (SSSR count). The van der Waals surface area contributed by atoms with Crippen LogP contribution in [0.15, 0.2) is 0 Å². The Hall–Kier alpha value is -0.590. The molecule has 3 nitrogen and oxygen atoms in total. The van der Waals surface area contributed by atoms with Crippen LogP contribution >= 0.6 is 0 Å². The predicted octanol–water partition coefficient (Wildman–Crippen LogP) is 8.81. The van der Waals surface area contributed by atoms with Crippen LogP contribution in [0, 0.1) is 40.9 Å². The molecule has 0 aromatic heterocycles. The summed E-state index contributed by atoms with van der Waals surface area (Å²) >= 11 is 0. The van der Waals surface area contributed by atoms with E-state index in [0.717, 1.165) is 50.2 Å². The molecule has 1 aliphatic heterocycles. The van der Waals surface area contributed by atoms with Gasteiger partial charge in [0.05, 0.1) is 19.3 Å². The summed E-state index contributed by atoms with van der Waals surface area (Å²) in [5, 5.41) is 9.98. The van der Waals surface area contributed by atoms with Gasteiger partial charge in [0.1, 0.15) is 0 Å². The smallest absolute Gasteiger partial charge is 0.168 e. The summed E-state index contributed by atoms with van der Waals surface area (Å²) in [4.78, 5) is 0. The van der Waals surface area contributed by atoms with Crippen molar-refractivity contribution in [3.63, 3.8) is 0 Å². The molecule has 0 N–H and O–H groups in total. The van der Waals surface area contributed by atoms with Gasteiger partial charge in [-0.3, -0.25) is 0 Å². The van der Waals surface area contributed by atoms with Gasteiger partial charge < -0.3 is 9.47 Å². The van der Waals surface area contributed by atoms with Crippen LogP contribution in [0.4, 0.5) is 0 Å². The number of nitriles is 1. The van der Waals surface area contributed by atoms with Gasteiger partial charge in [0.2, 0.25) is 0 Å². The van der Waals surface area contributed by atoms with Crippen LogP contribution in [0.2, 0.25) is 0 Å². The zero-order valence-electron chi connectivity index (χ0n) is 22.0. The van der Waals surface area contributed by atoms with Gasteiger partial charge in [0.15, 0.2) is 5.79 Å². The molecular formula is C30H53NO2. The first-order chi connectivity index (χ1) is 16.2. The van der Waals surface area contributed by atoms with E-state index in [1.54, 1.807) is 0 Å². The van der Waals surface area contributed by atoms with Gasteiger partial charge in [0, 0.05) is 18.8 Å². The molecule has 1 atom stereocenters. The average molecular weight is 460 g/mol. The molecular weight excluding hydrogens is 406 g/mol. The first-order valence-electron chi connectivity index (χ1n) is 14.9. The molecule has 3 heteroatoms. The summed E-state index contributed by atoms with van der Waals surface area (Å²) in [6.45, 7) is 6.01. The van der Waals surface area contributed by atoms with E-state index >= 15 is 0 Å². The van der Waals surface area contributed by atoms with Crippen molar-refractivity contribution in [1.82, 2.24) is 0 Å². The van der Waals surface area contributed by atoms with Gasteiger partial charge in [-0.05, 0) is 75.0 Å². The second kappa shape index (κ2) is 14.7. The SMILES string of the molecule is CCCCCCC1(CCC(C#N)C2CCC([C@H]3CC[C@H](CCCCC)CC3)CC2)OCCO1. The standard InChI is InChI=1S/C30H53NO2/c1-3-5-7-9-20-30(32-22-23-33-30)21-19-29(24-31)28-17-15-27(16-18-28)26-13-11-25(12-14-26)10-8-6-4-2/h25-29H,3-23H2,1-2H3/t25-,26-,27?,28?,29?. The molecule has 1 saturated heterocycles. The van der Waals surface area contributed by atoms with Gasteiger partial charge >= 0.3 is 0 Å². The van der Waals surface area contributed by atoms with E-state index in [2.05, 4.69) is 19.9 Å². The molecule has 1 heterocycles. The van der Waals surface area contributed by atoms with Crippen LogP contribution in [0.1, 0.15) is 136 Å². The van der Waals surface area contributed by atoms with Crippen molar-refractivity contribution >= 4 is 0 Å². The highest BCUT2D eigenvalue weighted by Crippen LogP contribution is 2.45. The minimum atomic E-state index is -0.393. The van der Waals surface area contributed by atoms with Crippen LogP contribution in [0.3, 0.4) is 0 Å². The van der Waals surface area contributed by atoms with Crippen molar-refractivity contribution in [3.05, 3.63) is 0 Å². The maximum atomic E-state index is 9.98. The molecule has 33 heavy (non-hydrogen) atoms. The first kappa shape index (κ1) is 27.0. The Bertz CT molecular complexity index is 548. The Morgan fingerprint density at radius 1 is 0.758 bits per heavy atom. The third kappa shape index (κ3) is 8.54. The highest BCUT2D eigenvalue weighted by molar-refractivity contribution is 4.93. The summed E-state index contributed by atoms with van der Waals surface area (Å²) in [6.07, 6.45) is 24.7. The molecule has 1 unspecified atom stereocenters. The number of nitrogens with zero attached hydrogens (tertiary/aromatic N) is 1. The number of unbranched alkanes of at least 4 members (excludes halogenated alkanes) is 5. The van der Waals surface area contributed by atoms with E-state index in [0.29, 0.717) is 5.92 Å². The van der Waals surface area contributed by atoms with Crippen molar-refractivity contribution in [1.29, 1.82) is 5.26 Å². The molecule has 0 radical (unpaired) electrons. The summed E-state index contributed by atoms with van der Waals surface area (Å²) in [7, 11) is 0. The highest BCUT2D eigenvalue weighted by Gasteiger charge is 2.38. The van der Waals surface area contributed by atoms with Crippen molar-refractivity contribution < 1.29 is 9.47 Å². The first-order valence-corrected chi connectivity index (χ1v) is 14.9. The molecule has 0 aromatic rings. The number of hydrogen-bond donors (Lipinski definition) is 0. The summed E-state index contributed by atoms with van der Waals surface area (Å²) < 4.78 is 12.2. The van der Waals surface area contributed by atoms with Crippen molar-refractivity contribution in [2.45, 2.75) is 142 Å². The van der Waals surface area contributed by atoms with Gasteiger partial charge in [-0.25, -0.2) is 0 Å². The zero-order valence-corrected chi connectivity index (χ0v) is 22.0. The van der Waals surface area contributed by atoms with E-state index in [1.165, 1.54) is 103 Å². The maximum Gasteiger partial charge on any atom is 0.168 e. The van der Waals surface area contributed by atoms with Crippen molar-refractivity contribution in [2.24, 2.45) is 29.6 Å². The Morgan fingerprint density at radius 3 is 1.97 bits per heavy atom. The molecule has 0 spiro atoms. The monoisotopic (exact) mass is 459 g/mol. The molecule has 0 aromatic carbocycles. The fourth-order valence-corrected chi connectivity index (χ4v) is 7.16. The van der Waals surface area contributed by atoms with Crippen molar-refractivity contribution in [3.8, 4) is 6.07 Å². The van der Waals surface area contributed by atoms with Crippen LogP contribution in [0.5, 0.6) is 0 Å². The van der Waals surface area contributed by atoms with E-state index in [1.807, 2.05) is 0 Å². The van der Waals surface area contributed by atoms with Gasteiger partial charge in [0.25, 0.3) is 0 Å². The molecule has 2 saturated carbocycles. The number of ether oxygens (including phenoxy) is 2.